The first-order valence-electron chi connectivity index (χ1n) is 12.2. The Labute approximate surface area is 211 Å². The van der Waals surface area contributed by atoms with Gasteiger partial charge in [0.15, 0.2) is 5.69 Å². The van der Waals surface area contributed by atoms with Crippen LogP contribution in [0.15, 0.2) is 64.3 Å². The molecule has 0 spiro atoms. The zero-order chi connectivity index (χ0) is 25.2. The molecule has 3 heterocycles. The van der Waals surface area contributed by atoms with Gasteiger partial charge in [0.1, 0.15) is 0 Å². The van der Waals surface area contributed by atoms with E-state index in [0.717, 1.165) is 53.0 Å². The number of carbonyl (C=O) groups excluding carboxylic acids is 1. The molecule has 11 nitrogen and oxygen atoms in total. The molecule has 0 saturated carbocycles. The second-order valence-corrected chi connectivity index (χ2v) is 9.04. The molecule has 1 aliphatic heterocycles. The highest BCUT2D eigenvalue weighted by molar-refractivity contribution is 6.13. The van der Waals surface area contributed by atoms with Crippen LogP contribution >= 0.6 is 0 Å². The van der Waals surface area contributed by atoms with Crippen LogP contribution in [-0.2, 0) is 6.54 Å². The molecule has 1 aliphatic rings. The number of benzene rings is 3. The summed E-state index contributed by atoms with van der Waals surface area (Å²) in [6.45, 7) is 2.30. The zero-order valence-corrected chi connectivity index (χ0v) is 20.0. The number of piperidine rings is 1. The highest BCUT2D eigenvalue weighted by Gasteiger charge is 2.26. The second-order valence-electron chi connectivity index (χ2n) is 9.04. The van der Waals surface area contributed by atoms with E-state index in [0.29, 0.717) is 12.2 Å². The first-order valence-corrected chi connectivity index (χ1v) is 12.2. The minimum Gasteiger partial charge on any atom is -0.378 e. The average molecular weight is 496 g/mol. The second kappa shape index (κ2) is 9.78. The minimum absolute atomic E-state index is 0.0672. The summed E-state index contributed by atoms with van der Waals surface area (Å²) in [4.78, 5) is 15.5. The number of carbonyl (C=O) groups is 1. The molecule has 0 radical (unpaired) electrons. The first-order chi connectivity index (χ1) is 18.2. The summed E-state index contributed by atoms with van der Waals surface area (Å²) in [6, 6.07) is 18.4. The molecule has 37 heavy (non-hydrogen) atoms. The number of fused-ring (bicyclic) bond motifs is 2. The van der Waals surface area contributed by atoms with Crippen LogP contribution in [-0.4, -0.2) is 55.4 Å². The smallest absolute Gasteiger partial charge is 0.293 e. The number of rotatable bonds is 6. The summed E-state index contributed by atoms with van der Waals surface area (Å²) in [6.07, 6.45) is 5.07. The maximum Gasteiger partial charge on any atom is 0.293 e. The van der Waals surface area contributed by atoms with Crippen LogP contribution in [0.2, 0.25) is 0 Å². The molecule has 0 aliphatic carbocycles. The number of anilines is 1. The number of likely N-dealkylation sites (tertiary alicyclic amines) is 1. The molecular formula is C26H25N9O2. The van der Waals surface area contributed by atoms with Gasteiger partial charge < -0.3 is 5.73 Å². The van der Waals surface area contributed by atoms with Crippen LogP contribution in [0, 0.1) is 0 Å². The van der Waals surface area contributed by atoms with Crippen molar-refractivity contribution in [2.45, 2.75) is 25.8 Å². The third kappa shape index (κ3) is 4.40. The number of hydrogen-bond donors (Lipinski definition) is 2. The number of nitrogens with one attached hydrogen (secondary N) is 1. The highest BCUT2D eigenvalue weighted by atomic mass is 16.6. The first kappa shape index (κ1) is 22.8. The van der Waals surface area contributed by atoms with Crippen LogP contribution in [0.25, 0.3) is 27.4 Å². The minimum atomic E-state index is -0.478. The van der Waals surface area contributed by atoms with Gasteiger partial charge in [-0.3, -0.25) is 9.69 Å². The molecule has 3 aromatic carbocycles. The van der Waals surface area contributed by atoms with Crippen LogP contribution in [0.1, 0.15) is 41.0 Å². The van der Waals surface area contributed by atoms with Gasteiger partial charge in [-0.25, -0.2) is 10.1 Å². The summed E-state index contributed by atoms with van der Waals surface area (Å²) in [5.41, 5.74) is 10.2. The Kier molecular flexibility index (Phi) is 6.03. The van der Waals surface area contributed by atoms with Gasteiger partial charge in [0, 0.05) is 12.1 Å². The predicted octanol–water partition coefficient (Wildman–Crippen LogP) is 3.29. The van der Waals surface area contributed by atoms with Gasteiger partial charge in [-0.1, -0.05) is 60.2 Å². The van der Waals surface area contributed by atoms with Gasteiger partial charge in [-0.2, -0.15) is 9.78 Å². The molecule has 1 saturated heterocycles. The summed E-state index contributed by atoms with van der Waals surface area (Å²) in [7, 11) is 0. The number of nitrogen functional groups attached to an aromatic ring is 1. The van der Waals surface area contributed by atoms with Gasteiger partial charge in [0.05, 0.1) is 11.9 Å². The Morgan fingerprint density at radius 3 is 2.41 bits per heavy atom. The standard InChI is InChI=1S/C26H25N9O2/c27-24-25(32-37-31-24)35-22(16-34-12-6-1-7-13-34)23(29-33-35)26(36)30-28-15-21-19-10-4-2-8-17(19)14-18-9-3-5-11-20(18)21/h2-5,8-11,14-15H,1,6-7,12-13,16H2,(H2,27,31)(H,30,36)/b28-15-. The molecule has 0 atom stereocenters. The number of nitrogens with two attached hydrogens (primary N) is 1. The van der Waals surface area contributed by atoms with Crippen molar-refractivity contribution < 1.29 is 9.42 Å². The lowest BCUT2D eigenvalue weighted by Crippen LogP contribution is -2.31. The molecule has 1 fully saturated rings. The van der Waals surface area contributed by atoms with E-state index in [-0.39, 0.29) is 17.3 Å². The number of nitrogens with zero attached hydrogens (tertiary/aromatic N) is 7. The van der Waals surface area contributed by atoms with Crippen molar-refractivity contribution in [3.05, 3.63) is 71.5 Å². The van der Waals surface area contributed by atoms with Gasteiger partial charge in [0.2, 0.25) is 11.6 Å². The molecule has 186 valence electrons. The lowest BCUT2D eigenvalue weighted by atomic mass is 9.97. The molecule has 5 aromatic rings. The predicted molar refractivity (Wildman–Crippen MR) is 139 cm³/mol. The topological polar surface area (TPSA) is 140 Å². The Morgan fingerprint density at radius 2 is 1.73 bits per heavy atom. The molecule has 0 bridgehead atoms. The molecule has 1 amide bonds. The van der Waals surface area contributed by atoms with E-state index in [2.05, 4.69) is 54.3 Å². The lowest BCUT2D eigenvalue weighted by Gasteiger charge is -2.26. The normalized spacial score (nSPS) is 14.6. The number of amides is 1. The van der Waals surface area contributed by atoms with Crippen molar-refractivity contribution >= 4 is 39.5 Å². The van der Waals surface area contributed by atoms with Crippen molar-refractivity contribution in [2.75, 3.05) is 18.8 Å². The van der Waals surface area contributed by atoms with Gasteiger partial charge in [-0.15, -0.1) is 5.10 Å². The van der Waals surface area contributed by atoms with E-state index in [1.807, 2.05) is 36.4 Å². The lowest BCUT2D eigenvalue weighted by molar-refractivity contribution is 0.0947. The van der Waals surface area contributed by atoms with E-state index in [1.165, 1.54) is 11.1 Å². The van der Waals surface area contributed by atoms with Crippen molar-refractivity contribution in [1.29, 1.82) is 0 Å². The molecule has 11 heteroatoms. The number of aromatic nitrogens is 5. The van der Waals surface area contributed by atoms with Crippen molar-refractivity contribution in [1.82, 2.24) is 35.6 Å². The van der Waals surface area contributed by atoms with Gasteiger partial charge in [0.25, 0.3) is 5.91 Å². The van der Waals surface area contributed by atoms with Crippen molar-refractivity contribution in [3.8, 4) is 5.82 Å². The van der Waals surface area contributed by atoms with E-state index in [4.69, 9.17) is 10.4 Å². The molecule has 2 aromatic heterocycles. The number of hydrazone groups is 1. The maximum atomic E-state index is 13.2. The molecule has 0 unspecified atom stereocenters. The largest absolute Gasteiger partial charge is 0.378 e. The summed E-state index contributed by atoms with van der Waals surface area (Å²) in [5, 5.41) is 24.3. The van der Waals surface area contributed by atoms with E-state index < -0.39 is 5.91 Å². The zero-order valence-electron chi connectivity index (χ0n) is 20.0. The van der Waals surface area contributed by atoms with Crippen LogP contribution < -0.4 is 11.2 Å². The van der Waals surface area contributed by atoms with Crippen molar-refractivity contribution in [2.24, 2.45) is 5.10 Å². The molecular weight excluding hydrogens is 470 g/mol. The van der Waals surface area contributed by atoms with Crippen molar-refractivity contribution in [3.63, 3.8) is 0 Å². The van der Waals surface area contributed by atoms with Crippen LogP contribution in [0.3, 0.4) is 0 Å². The summed E-state index contributed by atoms with van der Waals surface area (Å²) < 4.78 is 6.16. The van der Waals surface area contributed by atoms with Gasteiger partial charge in [-0.05, 0) is 63.9 Å². The van der Waals surface area contributed by atoms with E-state index in [1.54, 1.807) is 6.21 Å². The third-order valence-corrected chi connectivity index (χ3v) is 6.67. The fourth-order valence-electron chi connectivity index (χ4n) is 4.85. The Hall–Kier alpha value is -4.64. The quantitative estimate of drug-likeness (QED) is 0.208. The van der Waals surface area contributed by atoms with Crippen LogP contribution in [0.5, 0.6) is 0 Å². The Morgan fingerprint density at radius 1 is 1.03 bits per heavy atom. The van der Waals surface area contributed by atoms with E-state index >= 15 is 0 Å². The fourth-order valence-corrected chi connectivity index (χ4v) is 4.85. The number of hydrogen-bond acceptors (Lipinski definition) is 9. The Bertz CT molecular complexity index is 1560. The highest BCUT2D eigenvalue weighted by Crippen LogP contribution is 2.27. The molecule has 6 rings (SSSR count). The van der Waals surface area contributed by atoms with Crippen LogP contribution in [0.4, 0.5) is 5.82 Å². The van der Waals surface area contributed by atoms with Gasteiger partial charge >= 0.3 is 0 Å². The maximum absolute atomic E-state index is 13.2. The summed E-state index contributed by atoms with van der Waals surface area (Å²) in [5.74, 6) is -0.212. The average Bonchev–Trinajstić information content (AvgIpc) is 3.54. The molecule has 3 N–H and O–H groups in total. The van der Waals surface area contributed by atoms with E-state index in [9.17, 15) is 4.79 Å². The SMILES string of the molecule is Nc1nonc1-n1nnc(C(=O)N/N=C\c2c3ccccc3cc3ccccc23)c1CN1CCCCC1. The fraction of sp³-hybridized carbons (Fsp3) is 0.231. The monoisotopic (exact) mass is 495 g/mol. The summed E-state index contributed by atoms with van der Waals surface area (Å²) >= 11 is 0. The third-order valence-electron chi connectivity index (χ3n) is 6.67. The Balaban J connectivity index is 1.32.